The number of primary amides is 1. The first-order chi connectivity index (χ1) is 19.1. The van der Waals surface area contributed by atoms with Gasteiger partial charge in [0, 0.05) is 30.1 Å². The van der Waals surface area contributed by atoms with E-state index >= 15 is 0 Å². The monoisotopic (exact) mass is 575 g/mol. The number of ether oxygens (including phenoxy) is 2. The second-order valence-corrected chi connectivity index (χ2v) is 12.6. The quantitative estimate of drug-likeness (QED) is 0.149. The highest BCUT2D eigenvalue weighted by molar-refractivity contribution is 5.73. The number of rotatable bonds is 12. The molecule has 8 nitrogen and oxygen atoms in total. The molecule has 41 heavy (non-hydrogen) atoms. The van der Waals surface area contributed by atoms with Crippen LogP contribution in [-0.4, -0.2) is 57.9 Å². The summed E-state index contributed by atoms with van der Waals surface area (Å²) in [6.07, 6.45) is 8.03. The molecule has 232 valence electrons. The molecule has 2 rings (SSSR count). The van der Waals surface area contributed by atoms with Crippen LogP contribution < -0.4 is 5.73 Å². The molecule has 0 bridgehead atoms. The van der Waals surface area contributed by atoms with Gasteiger partial charge in [0.2, 0.25) is 0 Å². The van der Waals surface area contributed by atoms with Gasteiger partial charge < -0.3 is 30.5 Å². The minimum Gasteiger partial charge on any atom is -0.461 e. The third-order valence-electron chi connectivity index (χ3n) is 9.64. The molecule has 0 aromatic carbocycles. The Bertz CT molecular complexity index is 990. The third kappa shape index (κ3) is 8.33. The van der Waals surface area contributed by atoms with Gasteiger partial charge in [-0.05, 0) is 37.5 Å². The van der Waals surface area contributed by atoms with E-state index in [-0.39, 0.29) is 47.4 Å². The van der Waals surface area contributed by atoms with E-state index in [0.29, 0.717) is 6.42 Å². The largest absolute Gasteiger partial charge is 0.461 e. The first-order valence-corrected chi connectivity index (χ1v) is 15.0. The highest BCUT2D eigenvalue weighted by Gasteiger charge is 2.45. The van der Waals surface area contributed by atoms with Crippen LogP contribution in [0, 0.1) is 53.3 Å². The normalized spacial score (nSPS) is 36.5. The van der Waals surface area contributed by atoms with Gasteiger partial charge in [0.25, 0.3) is 0 Å². The summed E-state index contributed by atoms with van der Waals surface area (Å²) in [6.45, 7) is 19.1. The smallest absolute Gasteiger partial charge is 0.404 e. The number of esters is 1. The molecule has 1 aliphatic heterocycles. The van der Waals surface area contributed by atoms with Crippen molar-refractivity contribution < 1.29 is 34.4 Å². The summed E-state index contributed by atoms with van der Waals surface area (Å²) in [5.74, 6) is -1.80. The van der Waals surface area contributed by atoms with Crippen LogP contribution in [0.15, 0.2) is 48.6 Å². The van der Waals surface area contributed by atoms with Gasteiger partial charge in [-0.25, -0.2) is 4.79 Å². The lowest BCUT2D eigenvalue weighted by Gasteiger charge is -2.36. The SMILES string of the molecule is C=C/C=C\[C@@H](C)[C@H](OC(N)=O)[C@H](C)[C@H](O)[C@@H](C)/C=C(\C)[C@@H]1[C@@H](C)[C@@H](O)[C@H](C)[C@H]1/C=C/C[C@@H]1OC(=O)[C@H](C)[C@@H](O)[C@@H]1C. The Morgan fingerprint density at radius 2 is 1.71 bits per heavy atom. The van der Waals surface area contributed by atoms with Gasteiger partial charge in [0.1, 0.15) is 12.2 Å². The number of carbonyl (C=O) groups excluding carboxylic acids is 2. The molecule has 0 aromatic heterocycles. The van der Waals surface area contributed by atoms with Crippen molar-refractivity contribution in [1.29, 1.82) is 0 Å². The van der Waals surface area contributed by atoms with Crippen molar-refractivity contribution in [3.8, 4) is 0 Å². The van der Waals surface area contributed by atoms with Gasteiger partial charge in [-0.2, -0.15) is 0 Å². The maximum atomic E-state index is 12.1. The Hall–Kier alpha value is -2.42. The molecule has 1 amide bonds. The standard InChI is InChI=1S/C33H53NO7/c1-10-11-13-17(2)31(41-33(34)39)23(8)28(35)19(4)16-18(3)27-22(7)29(36)20(5)25(27)14-12-15-26-21(6)30(37)24(9)32(38)40-26/h10-14,16-17,19-31,35-37H,1,15H2,2-9H3,(H2,34,39)/b13-11-,14-12+,18-16+/t17-,19+,20-,21-,22-,23-,24-,25-,26+,27-,28-,29+,30+,31+/m1/s1. The molecule has 1 heterocycles. The van der Waals surface area contributed by atoms with Gasteiger partial charge in [0.05, 0.1) is 24.2 Å². The molecule has 0 aromatic rings. The number of aliphatic hydroxyl groups is 3. The van der Waals surface area contributed by atoms with Gasteiger partial charge in [-0.1, -0.05) is 90.2 Å². The minimum atomic E-state index is -0.883. The predicted molar refractivity (Wildman–Crippen MR) is 160 cm³/mol. The zero-order chi connectivity index (χ0) is 31.2. The molecule has 5 N–H and O–H groups in total. The summed E-state index contributed by atoms with van der Waals surface area (Å²) >= 11 is 0. The number of hydrogen-bond acceptors (Lipinski definition) is 7. The average molecular weight is 576 g/mol. The molecule has 0 spiro atoms. The van der Waals surface area contributed by atoms with Crippen LogP contribution in [0.1, 0.15) is 61.8 Å². The summed E-state index contributed by atoms with van der Waals surface area (Å²) in [5.41, 5.74) is 6.41. The van der Waals surface area contributed by atoms with Crippen molar-refractivity contribution in [3.63, 3.8) is 0 Å². The van der Waals surface area contributed by atoms with Crippen LogP contribution in [-0.2, 0) is 14.3 Å². The minimum absolute atomic E-state index is 0.00164. The molecule has 1 saturated heterocycles. The number of nitrogens with two attached hydrogens (primary N) is 1. The van der Waals surface area contributed by atoms with Crippen molar-refractivity contribution in [1.82, 2.24) is 0 Å². The molecule has 0 radical (unpaired) electrons. The van der Waals surface area contributed by atoms with Crippen molar-refractivity contribution in [2.24, 2.45) is 59.0 Å². The molecule has 0 unspecified atom stereocenters. The molecule has 1 aliphatic carbocycles. The Kier molecular flexibility index (Phi) is 12.9. The second-order valence-electron chi connectivity index (χ2n) is 12.6. The van der Waals surface area contributed by atoms with Gasteiger partial charge >= 0.3 is 12.1 Å². The maximum absolute atomic E-state index is 12.1. The van der Waals surface area contributed by atoms with Crippen LogP contribution in [0.4, 0.5) is 4.79 Å². The zero-order valence-electron chi connectivity index (χ0n) is 26.0. The topological polar surface area (TPSA) is 139 Å². The number of carbonyl (C=O) groups is 2. The summed E-state index contributed by atoms with van der Waals surface area (Å²) in [4.78, 5) is 23.8. The van der Waals surface area contributed by atoms with Crippen LogP contribution >= 0.6 is 0 Å². The lowest BCUT2D eigenvalue weighted by Crippen LogP contribution is -2.46. The van der Waals surface area contributed by atoms with Crippen molar-refractivity contribution in [3.05, 3.63) is 48.6 Å². The van der Waals surface area contributed by atoms with Crippen molar-refractivity contribution >= 4 is 12.1 Å². The van der Waals surface area contributed by atoms with E-state index in [1.165, 1.54) is 0 Å². The summed E-state index contributed by atoms with van der Waals surface area (Å²) in [6, 6.07) is 0. The molecule has 8 heteroatoms. The van der Waals surface area contributed by atoms with Gasteiger partial charge in [0.15, 0.2) is 0 Å². The molecule has 14 atom stereocenters. The van der Waals surface area contributed by atoms with Gasteiger partial charge in [-0.15, -0.1) is 0 Å². The number of aliphatic hydroxyl groups excluding tert-OH is 3. The fourth-order valence-corrected chi connectivity index (χ4v) is 6.91. The van der Waals surface area contributed by atoms with Crippen LogP contribution in [0.3, 0.4) is 0 Å². The third-order valence-corrected chi connectivity index (χ3v) is 9.64. The van der Waals surface area contributed by atoms with E-state index in [2.05, 4.69) is 18.7 Å². The van der Waals surface area contributed by atoms with Crippen molar-refractivity contribution in [2.75, 3.05) is 0 Å². The molecule has 1 saturated carbocycles. The summed E-state index contributed by atoms with van der Waals surface area (Å²) < 4.78 is 11.0. The van der Waals surface area contributed by atoms with Crippen LogP contribution in [0.25, 0.3) is 0 Å². The highest BCUT2D eigenvalue weighted by atomic mass is 16.6. The Morgan fingerprint density at radius 1 is 1.07 bits per heavy atom. The van der Waals surface area contributed by atoms with Crippen LogP contribution in [0.2, 0.25) is 0 Å². The second kappa shape index (κ2) is 15.2. The van der Waals surface area contributed by atoms with E-state index in [1.807, 2.05) is 60.6 Å². The number of hydrogen-bond donors (Lipinski definition) is 4. The molecular weight excluding hydrogens is 522 g/mol. The van der Waals surface area contributed by atoms with E-state index in [0.717, 1.165) is 5.57 Å². The summed E-state index contributed by atoms with van der Waals surface area (Å²) in [7, 11) is 0. The van der Waals surface area contributed by atoms with E-state index in [9.17, 15) is 24.9 Å². The maximum Gasteiger partial charge on any atom is 0.404 e. The Morgan fingerprint density at radius 3 is 2.29 bits per heavy atom. The van der Waals surface area contributed by atoms with Crippen molar-refractivity contribution in [2.45, 2.75) is 92.3 Å². The number of allylic oxidation sites excluding steroid dienone is 4. The number of cyclic esters (lactones) is 1. The lowest BCUT2D eigenvalue weighted by molar-refractivity contribution is -0.176. The van der Waals surface area contributed by atoms with E-state index < -0.39 is 48.4 Å². The van der Waals surface area contributed by atoms with E-state index in [4.69, 9.17) is 15.2 Å². The summed E-state index contributed by atoms with van der Waals surface area (Å²) in [5, 5.41) is 32.7. The first kappa shape index (κ1) is 34.8. The number of amides is 1. The lowest BCUT2D eigenvalue weighted by atomic mass is 9.78. The zero-order valence-corrected chi connectivity index (χ0v) is 26.0. The van der Waals surface area contributed by atoms with Gasteiger partial charge in [-0.3, -0.25) is 4.79 Å². The molecular formula is C33H53NO7. The van der Waals surface area contributed by atoms with Crippen LogP contribution in [0.5, 0.6) is 0 Å². The molecule has 2 aliphatic rings. The average Bonchev–Trinajstić information content (AvgIpc) is 3.14. The Balaban J connectivity index is 2.22. The first-order valence-electron chi connectivity index (χ1n) is 15.0. The fourth-order valence-electron chi connectivity index (χ4n) is 6.91. The predicted octanol–water partition coefficient (Wildman–Crippen LogP) is 4.79. The Labute approximate surface area is 246 Å². The fraction of sp³-hybridized carbons (Fsp3) is 0.697. The van der Waals surface area contributed by atoms with E-state index in [1.54, 1.807) is 19.1 Å². The highest BCUT2D eigenvalue weighted by Crippen LogP contribution is 2.46. The molecule has 2 fully saturated rings.